The Balaban J connectivity index is 2.37. The molecular weight excluding hydrogens is 138 g/mol. The van der Waals surface area contributed by atoms with Gasteiger partial charge in [0.25, 0.3) is 0 Å². The summed E-state index contributed by atoms with van der Waals surface area (Å²) in [6, 6.07) is 0.139. The van der Waals surface area contributed by atoms with Crippen LogP contribution in [-0.4, -0.2) is 12.6 Å². The van der Waals surface area contributed by atoms with E-state index < -0.39 is 0 Å². The molecule has 1 heterocycles. The zero-order valence-electron chi connectivity index (χ0n) is 7.18. The minimum Gasteiger partial charge on any atom is -0.497 e. The standard InChI is InChI=1S/C9H17NO/c1-2-5-8(10)9-6-3-4-7-11-9/h6,8H,2-5,7,10H2,1H3. The van der Waals surface area contributed by atoms with Crippen LogP contribution in [0.3, 0.4) is 0 Å². The minimum absolute atomic E-state index is 0.139. The van der Waals surface area contributed by atoms with Crippen molar-refractivity contribution >= 4 is 0 Å². The molecule has 0 amide bonds. The molecule has 1 aliphatic rings. The zero-order valence-corrected chi connectivity index (χ0v) is 7.18. The first kappa shape index (κ1) is 8.60. The fourth-order valence-electron chi connectivity index (χ4n) is 1.29. The maximum absolute atomic E-state index is 5.87. The van der Waals surface area contributed by atoms with E-state index in [1.54, 1.807) is 0 Å². The number of allylic oxidation sites excluding steroid dienone is 1. The first-order valence-corrected chi connectivity index (χ1v) is 4.43. The highest BCUT2D eigenvalue weighted by molar-refractivity contribution is 5.03. The molecule has 0 saturated carbocycles. The fraction of sp³-hybridized carbons (Fsp3) is 0.778. The topological polar surface area (TPSA) is 35.2 Å². The number of hydrogen-bond donors (Lipinski definition) is 1. The Morgan fingerprint density at radius 3 is 3.09 bits per heavy atom. The Hall–Kier alpha value is -0.500. The molecule has 1 unspecified atom stereocenters. The molecule has 1 atom stereocenters. The molecule has 2 heteroatoms. The van der Waals surface area contributed by atoms with Gasteiger partial charge >= 0.3 is 0 Å². The van der Waals surface area contributed by atoms with Gasteiger partial charge in [-0.3, -0.25) is 0 Å². The highest BCUT2D eigenvalue weighted by atomic mass is 16.5. The maximum atomic E-state index is 5.87. The van der Waals surface area contributed by atoms with Gasteiger partial charge in [0.2, 0.25) is 0 Å². The largest absolute Gasteiger partial charge is 0.497 e. The predicted molar refractivity (Wildman–Crippen MR) is 46.2 cm³/mol. The molecule has 0 bridgehead atoms. The van der Waals surface area contributed by atoms with E-state index in [0.29, 0.717) is 0 Å². The van der Waals surface area contributed by atoms with Crippen LogP contribution in [0, 0.1) is 0 Å². The molecule has 0 fully saturated rings. The number of nitrogens with two attached hydrogens (primary N) is 1. The summed E-state index contributed by atoms with van der Waals surface area (Å²) in [6.45, 7) is 2.99. The smallest absolute Gasteiger partial charge is 0.109 e. The van der Waals surface area contributed by atoms with E-state index in [1.807, 2.05) is 0 Å². The normalized spacial score (nSPS) is 20.4. The monoisotopic (exact) mass is 155 g/mol. The van der Waals surface area contributed by atoms with Crippen LogP contribution in [0.2, 0.25) is 0 Å². The van der Waals surface area contributed by atoms with Crippen molar-refractivity contribution in [2.45, 2.75) is 38.6 Å². The lowest BCUT2D eigenvalue weighted by Gasteiger charge is -2.19. The van der Waals surface area contributed by atoms with Crippen LogP contribution in [-0.2, 0) is 4.74 Å². The third kappa shape index (κ3) is 2.54. The lowest BCUT2D eigenvalue weighted by atomic mass is 10.1. The minimum atomic E-state index is 0.139. The average Bonchev–Trinajstić information content (AvgIpc) is 2.07. The molecule has 1 rings (SSSR count). The highest BCUT2D eigenvalue weighted by Gasteiger charge is 2.11. The van der Waals surface area contributed by atoms with Gasteiger partial charge in [-0.25, -0.2) is 0 Å². The van der Waals surface area contributed by atoms with Gasteiger partial charge in [0.15, 0.2) is 0 Å². The van der Waals surface area contributed by atoms with E-state index in [9.17, 15) is 0 Å². The van der Waals surface area contributed by atoms with Crippen molar-refractivity contribution in [3.8, 4) is 0 Å². The Bertz CT molecular complexity index is 142. The van der Waals surface area contributed by atoms with Gasteiger partial charge < -0.3 is 10.5 Å². The van der Waals surface area contributed by atoms with Crippen molar-refractivity contribution in [1.82, 2.24) is 0 Å². The Labute approximate surface area is 68.4 Å². The third-order valence-corrected chi connectivity index (χ3v) is 1.93. The van der Waals surface area contributed by atoms with Gasteiger partial charge in [-0.2, -0.15) is 0 Å². The van der Waals surface area contributed by atoms with Crippen LogP contribution in [0.1, 0.15) is 32.6 Å². The first-order valence-electron chi connectivity index (χ1n) is 4.43. The molecule has 2 N–H and O–H groups in total. The van der Waals surface area contributed by atoms with Crippen LogP contribution in [0.4, 0.5) is 0 Å². The molecule has 64 valence electrons. The summed E-state index contributed by atoms with van der Waals surface area (Å²) in [4.78, 5) is 0. The Kier molecular flexibility index (Phi) is 3.43. The van der Waals surface area contributed by atoms with E-state index in [2.05, 4.69) is 13.0 Å². The first-order chi connectivity index (χ1) is 5.34. The summed E-state index contributed by atoms with van der Waals surface area (Å²) in [6.07, 6.45) is 6.56. The lowest BCUT2D eigenvalue weighted by molar-refractivity contribution is 0.173. The quantitative estimate of drug-likeness (QED) is 0.674. The molecule has 0 aromatic heterocycles. The van der Waals surface area contributed by atoms with Crippen molar-refractivity contribution in [2.75, 3.05) is 6.61 Å². The van der Waals surface area contributed by atoms with Gasteiger partial charge in [0.05, 0.1) is 12.6 Å². The van der Waals surface area contributed by atoms with Gasteiger partial charge in [0.1, 0.15) is 5.76 Å². The maximum Gasteiger partial charge on any atom is 0.109 e. The van der Waals surface area contributed by atoms with Crippen molar-refractivity contribution in [1.29, 1.82) is 0 Å². The third-order valence-electron chi connectivity index (χ3n) is 1.93. The summed E-state index contributed by atoms with van der Waals surface area (Å²) in [5.41, 5.74) is 5.87. The van der Waals surface area contributed by atoms with Gasteiger partial charge in [-0.05, 0) is 25.3 Å². The molecule has 0 saturated heterocycles. The summed E-state index contributed by atoms with van der Waals surface area (Å²) >= 11 is 0. The van der Waals surface area contributed by atoms with E-state index in [-0.39, 0.29) is 6.04 Å². The van der Waals surface area contributed by atoms with E-state index in [1.165, 1.54) is 0 Å². The molecule has 0 radical (unpaired) electrons. The number of ether oxygens (including phenoxy) is 1. The van der Waals surface area contributed by atoms with E-state index in [0.717, 1.165) is 38.0 Å². The van der Waals surface area contributed by atoms with Crippen molar-refractivity contribution in [3.63, 3.8) is 0 Å². The second-order valence-electron chi connectivity index (χ2n) is 2.99. The highest BCUT2D eigenvalue weighted by Crippen LogP contribution is 2.14. The molecule has 2 nitrogen and oxygen atoms in total. The second-order valence-corrected chi connectivity index (χ2v) is 2.99. The second kappa shape index (κ2) is 4.39. The van der Waals surface area contributed by atoms with Gasteiger partial charge in [-0.1, -0.05) is 13.3 Å². The summed E-state index contributed by atoms with van der Waals surface area (Å²) < 4.78 is 5.43. The zero-order chi connectivity index (χ0) is 8.10. The Morgan fingerprint density at radius 2 is 2.55 bits per heavy atom. The Morgan fingerprint density at radius 1 is 1.73 bits per heavy atom. The molecule has 0 aromatic carbocycles. The van der Waals surface area contributed by atoms with Crippen LogP contribution in [0.5, 0.6) is 0 Å². The molecule has 0 spiro atoms. The molecule has 0 aromatic rings. The van der Waals surface area contributed by atoms with Crippen LogP contribution in [0.15, 0.2) is 11.8 Å². The van der Waals surface area contributed by atoms with Crippen LogP contribution < -0.4 is 5.73 Å². The van der Waals surface area contributed by atoms with Crippen molar-refractivity contribution < 1.29 is 4.74 Å². The summed E-state index contributed by atoms with van der Waals surface area (Å²) in [5, 5.41) is 0. The molecule has 11 heavy (non-hydrogen) atoms. The van der Waals surface area contributed by atoms with Crippen molar-refractivity contribution in [2.24, 2.45) is 5.73 Å². The number of hydrogen-bond acceptors (Lipinski definition) is 2. The predicted octanol–water partition coefficient (Wildman–Crippen LogP) is 1.81. The molecule has 0 aliphatic carbocycles. The molecule has 1 aliphatic heterocycles. The van der Waals surface area contributed by atoms with E-state index in [4.69, 9.17) is 10.5 Å². The average molecular weight is 155 g/mol. The lowest BCUT2D eigenvalue weighted by Crippen LogP contribution is -2.25. The van der Waals surface area contributed by atoms with E-state index >= 15 is 0 Å². The summed E-state index contributed by atoms with van der Waals surface area (Å²) in [5.74, 6) is 1.01. The van der Waals surface area contributed by atoms with Crippen LogP contribution >= 0.6 is 0 Å². The molecular formula is C9H17NO. The fourth-order valence-corrected chi connectivity index (χ4v) is 1.29. The SMILES string of the molecule is CCCC(N)C1=CCCCO1. The van der Waals surface area contributed by atoms with Crippen molar-refractivity contribution in [3.05, 3.63) is 11.8 Å². The van der Waals surface area contributed by atoms with Crippen LogP contribution in [0.25, 0.3) is 0 Å². The van der Waals surface area contributed by atoms with Gasteiger partial charge in [0, 0.05) is 0 Å². The number of rotatable bonds is 3. The summed E-state index contributed by atoms with van der Waals surface area (Å²) in [7, 11) is 0. The van der Waals surface area contributed by atoms with Gasteiger partial charge in [-0.15, -0.1) is 0 Å².